The Morgan fingerprint density at radius 1 is 1.32 bits per heavy atom. The quantitative estimate of drug-likeness (QED) is 0.681. The van der Waals surface area contributed by atoms with Gasteiger partial charge in [-0.3, -0.25) is 9.48 Å². The van der Waals surface area contributed by atoms with Crippen LogP contribution in [0.1, 0.15) is 17.3 Å². The van der Waals surface area contributed by atoms with Crippen LogP contribution in [-0.4, -0.2) is 31.9 Å². The Morgan fingerprint density at radius 3 is 2.86 bits per heavy atom. The third-order valence-corrected chi connectivity index (χ3v) is 3.30. The second-order valence-corrected chi connectivity index (χ2v) is 4.66. The number of aryl methyl sites for hydroxylation is 1. The second kappa shape index (κ2) is 5.44. The molecule has 0 atom stereocenters. The number of ether oxygens (including phenoxy) is 1. The molecule has 0 aliphatic rings. The van der Waals surface area contributed by atoms with Gasteiger partial charge in [0.25, 0.3) is 5.56 Å². The minimum Gasteiger partial charge on any atom is -0.462 e. The van der Waals surface area contributed by atoms with Crippen LogP contribution < -0.4 is 5.56 Å². The summed E-state index contributed by atoms with van der Waals surface area (Å²) in [6, 6.07) is 7.04. The highest BCUT2D eigenvalue weighted by Gasteiger charge is 2.20. The zero-order valence-electron chi connectivity index (χ0n) is 12.2. The summed E-state index contributed by atoms with van der Waals surface area (Å²) in [7, 11) is 1.65. The average Bonchev–Trinajstić information content (AvgIpc) is 2.90. The number of hydrogen-bond acceptors (Lipinski definition) is 5. The number of carbonyl (C=O) groups is 1. The zero-order chi connectivity index (χ0) is 15.7. The van der Waals surface area contributed by atoms with E-state index in [0.717, 1.165) is 0 Å². The largest absolute Gasteiger partial charge is 0.462 e. The predicted molar refractivity (Wildman–Crippen MR) is 80.1 cm³/mol. The molecule has 3 rings (SSSR count). The fraction of sp³-hybridized carbons (Fsp3) is 0.200. The van der Waals surface area contributed by atoms with E-state index >= 15 is 0 Å². The Hall–Kier alpha value is -2.96. The molecule has 0 N–H and O–H groups in total. The maximum absolute atomic E-state index is 12.6. The van der Waals surface area contributed by atoms with E-state index in [1.165, 1.54) is 21.8 Å². The van der Waals surface area contributed by atoms with Gasteiger partial charge in [-0.25, -0.2) is 14.3 Å². The van der Waals surface area contributed by atoms with Crippen LogP contribution in [0.15, 0.2) is 41.6 Å². The lowest BCUT2D eigenvalue weighted by molar-refractivity contribution is 0.0526. The number of hydrogen-bond donors (Lipinski definition) is 0. The summed E-state index contributed by atoms with van der Waals surface area (Å²) < 4.78 is 7.76. The van der Waals surface area contributed by atoms with Gasteiger partial charge in [-0.05, 0) is 19.1 Å². The number of rotatable bonds is 3. The van der Waals surface area contributed by atoms with Crippen LogP contribution in [0.4, 0.5) is 0 Å². The lowest BCUT2D eigenvalue weighted by atomic mass is 10.2. The highest BCUT2D eigenvalue weighted by Crippen LogP contribution is 2.14. The van der Waals surface area contributed by atoms with Crippen LogP contribution in [0.2, 0.25) is 0 Å². The van der Waals surface area contributed by atoms with Crippen molar-refractivity contribution in [2.75, 3.05) is 6.61 Å². The molecule has 22 heavy (non-hydrogen) atoms. The van der Waals surface area contributed by atoms with Crippen molar-refractivity contribution in [3.05, 3.63) is 52.7 Å². The van der Waals surface area contributed by atoms with Crippen LogP contribution in [0.25, 0.3) is 16.7 Å². The minimum atomic E-state index is -0.523. The van der Waals surface area contributed by atoms with Crippen LogP contribution in [0, 0.1) is 0 Å². The molecule has 2 heterocycles. The van der Waals surface area contributed by atoms with E-state index in [0.29, 0.717) is 16.7 Å². The maximum Gasteiger partial charge on any atom is 0.343 e. The Labute approximate surface area is 125 Å². The molecule has 3 aromatic rings. The number of para-hydroxylation sites is 1. The van der Waals surface area contributed by atoms with Gasteiger partial charge in [-0.1, -0.05) is 12.1 Å². The van der Waals surface area contributed by atoms with Crippen LogP contribution in [-0.2, 0) is 11.8 Å². The predicted octanol–water partition coefficient (Wildman–Crippen LogP) is 1.30. The van der Waals surface area contributed by atoms with Gasteiger partial charge in [0.2, 0.25) is 0 Å². The average molecular weight is 298 g/mol. The molecule has 1 aromatic carbocycles. The minimum absolute atomic E-state index is 0.225. The van der Waals surface area contributed by atoms with Crippen molar-refractivity contribution in [1.82, 2.24) is 19.3 Å². The topological polar surface area (TPSA) is 79.0 Å². The molecule has 0 saturated carbocycles. The molecule has 0 aliphatic heterocycles. The molecule has 112 valence electrons. The first-order valence-electron chi connectivity index (χ1n) is 6.79. The first kappa shape index (κ1) is 14.0. The number of esters is 1. The number of benzene rings is 1. The smallest absolute Gasteiger partial charge is 0.343 e. The van der Waals surface area contributed by atoms with Gasteiger partial charge < -0.3 is 4.74 Å². The van der Waals surface area contributed by atoms with E-state index in [4.69, 9.17) is 4.74 Å². The van der Waals surface area contributed by atoms with Gasteiger partial charge in [0.05, 0.1) is 23.7 Å². The molecule has 0 amide bonds. The summed E-state index contributed by atoms with van der Waals surface area (Å²) in [6.45, 7) is 1.97. The van der Waals surface area contributed by atoms with E-state index in [2.05, 4.69) is 10.1 Å². The number of carbonyl (C=O) groups excluding carboxylic acids is 1. The molecule has 0 bridgehead atoms. The van der Waals surface area contributed by atoms with Gasteiger partial charge in [0.15, 0.2) is 5.82 Å². The lowest BCUT2D eigenvalue weighted by Crippen LogP contribution is -2.23. The van der Waals surface area contributed by atoms with E-state index < -0.39 is 5.97 Å². The molecule has 0 saturated heterocycles. The summed E-state index contributed by atoms with van der Waals surface area (Å²) in [5, 5.41) is 4.52. The van der Waals surface area contributed by atoms with Crippen LogP contribution in [0.5, 0.6) is 0 Å². The monoisotopic (exact) mass is 298 g/mol. The van der Waals surface area contributed by atoms with E-state index in [9.17, 15) is 9.59 Å². The van der Waals surface area contributed by atoms with Crippen molar-refractivity contribution < 1.29 is 9.53 Å². The number of aromatic nitrogens is 4. The Kier molecular flexibility index (Phi) is 3.46. The van der Waals surface area contributed by atoms with Gasteiger partial charge in [-0.15, -0.1) is 0 Å². The van der Waals surface area contributed by atoms with Gasteiger partial charge in [-0.2, -0.15) is 5.10 Å². The first-order chi connectivity index (χ1) is 10.6. The molecule has 7 nitrogen and oxygen atoms in total. The third kappa shape index (κ3) is 2.16. The Balaban J connectivity index is 2.24. The lowest BCUT2D eigenvalue weighted by Gasteiger charge is -2.09. The Morgan fingerprint density at radius 2 is 2.09 bits per heavy atom. The highest BCUT2D eigenvalue weighted by molar-refractivity contribution is 5.92. The standard InChI is InChI=1S/C15H14N4O3/c1-3-22-15(21)11-8-17-18(2)13(11)19-9-16-12-7-5-4-6-10(12)14(19)20/h4-9H,3H2,1-2H3. The molecular formula is C15H14N4O3. The summed E-state index contributed by atoms with van der Waals surface area (Å²) in [6.07, 6.45) is 2.78. The number of nitrogens with zero attached hydrogens (tertiary/aromatic N) is 4. The van der Waals surface area contributed by atoms with Gasteiger partial charge >= 0.3 is 5.97 Å². The highest BCUT2D eigenvalue weighted by atomic mass is 16.5. The van der Waals surface area contributed by atoms with Gasteiger partial charge in [0.1, 0.15) is 11.9 Å². The van der Waals surface area contributed by atoms with Crippen molar-refractivity contribution in [3.8, 4) is 5.82 Å². The summed E-state index contributed by atoms with van der Waals surface area (Å²) in [4.78, 5) is 28.9. The molecule has 0 unspecified atom stereocenters. The molecule has 0 radical (unpaired) electrons. The summed E-state index contributed by atoms with van der Waals surface area (Å²) >= 11 is 0. The SMILES string of the molecule is CCOC(=O)c1cnn(C)c1-n1cnc2ccccc2c1=O. The molecular weight excluding hydrogens is 284 g/mol. The van der Waals surface area contributed by atoms with E-state index in [1.54, 1.807) is 32.2 Å². The summed E-state index contributed by atoms with van der Waals surface area (Å²) in [5.74, 6) is -0.188. The van der Waals surface area contributed by atoms with Crippen molar-refractivity contribution in [1.29, 1.82) is 0 Å². The molecule has 0 aliphatic carbocycles. The van der Waals surface area contributed by atoms with Crippen molar-refractivity contribution >= 4 is 16.9 Å². The molecule has 7 heteroatoms. The van der Waals surface area contributed by atoms with Crippen molar-refractivity contribution in [3.63, 3.8) is 0 Å². The zero-order valence-corrected chi connectivity index (χ0v) is 12.2. The van der Waals surface area contributed by atoms with Gasteiger partial charge in [0, 0.05) is 7.05 Å². The fourth-order valence-electron chi connectivity index (χ4n) is 2.29. The number of fused-ring (bicyclic) bond motifs is 1. The van der Waals surface area contributed by atoms with E-state index in [-0.39, 0.29) is 17.7 Å². The third-order valence-electron chi connectivity index (χ3n) is 3.30. The van der Waals surface area contributed by atoms with Crippen molar-refractivity contribution in [2.24, 2.45) is 7.05 Å². The molecule has 0 fully saturated rings. The van der Waals surface area contributed by atoms with Crippen LogP contribution in [0.3, 0.4) is 0 Å². The maximum atomic E-state index is 12.6. The summed E-state index contributed by atoms with van der Waals surface area (Å²) in [5.41, 5.74) is 0.562. The Bertz CT molecular complexity index is 911. The first-order valence-corrected chi connectivity index (χ1v) is 6.79. The molecule has 2 aromatic heterocycles. The second-order valence-electron chi connectivity index (χ2n) is 4.66. The fourth-order valence-corrected chi connectivity index (χ4v) is 2.29. The normalized spacial score (nSPS) is 10.8. The van der Waals surface area contributed by atoms with Crippen LogP contribution >= 0.6 is 0 Å². The van der Waals surface area contributed by atoms with E-state index in [1.807, 2.05) is 6.07 Å². The molecule has 0 spiro atoms. The van der Waals surface area contributed by atoms with Crippen molar-refractivity contribution in [2.45, 2.75) is 6.92 Å².